The van der Waals surface area contributed by atoms with Crippen molar-refractivity contribution in [2.24, 2.45) is 0 Å². The zero-order valence-electron chi connectivity index (χ0n) is 18.1. The molecule has 166 valence electrons. The molecular formula is C25H27N3O4. The number of hydrogen-bond acceptors (Lipinski definition) is 5. The number of para-hydroxylation sites is 1. The van der Waals surface area contributed by atoms with Gasteiger partial charge in [-0.1, -0.05) is 31.2 Å². The van der Waals surface area contributed by atoms with E-state index in [0.29, 0.717) is 30.1 Å². The first-order valence-corrected chi connectivity index (χ1v) is 11.2. The molecule has 2 N–H and O–H groups in total. The molecule has 0 aliphatic carbocycles. The van der Waals surface area contributed by atoms with Gasteiger partial charge in [0.25, 0.3) is 5.91 Å². The number of carbonyl (C=O) groups excluding carboxylic acids is 1. The highest BCUT2D eigenvalue weighted by Gasteiger charge is 2.43. The van der Waals surface area contributed by atoms with Crippen LogP contribution in [0.15, 0.2) is 48.5 Å². The standard InChI is InChI=1S/C25H27N3O4/c1-2-12-31-17-8-5-7-16(14-17)24-21-22(19-10-3-4-11-20(19)29)26-27-23(21)25(30)28(24)15-18-9-6-13-32-18/h3-5,7-8,10-11,14,18,24,29H,2,6,9,12-13,15H2,1H3,(H,26,27)/t18-,24-/m1/s1. The summed E-state index contributed by atoms with van der Waals surface area (Å²) in [5, 5.41) is 17.9. The lowest BCUT2D eigenvalue weighted by atomic mass is 9.95. The van der Waals surface area contributed by atoms with E-state index >= 15 is 0 Å². The van der Waals surface area contributed by atoms with E-state index in [0.717, 1.165) is 42.7 Å². The SMILES string of the molecule is CCCOc1cccc([C@@H]2c3c(-c4ccccc4O)n[nH]c3C(=O)N2C[C@H]2CCCO2)c1. The Balaban J connectivity index is 1.61. The molecule has 2 aliphatic rings. The first-order chi connectivity index (χ1) is 15.7. The van der Waals surface area contributed by atoms with Crippen LogP contribution < -0.4 is 4.74 Å². The minimum atomic E-state index is -0.347. The Bertz CT molecular complexity index is 1120. The number of phenolic OH excluding ortho intramolecular Hbond substituents is 1. The van der Waals surface area contributed by atoms with Crippen molar-refractivity contribution in [2.75, 3.05) is 19.8 Å². The number of amides is 1. The number of fused-ring (bicyclic) bond motifs is 1. The molecule has 0 saturated carbocycles. The molecule has 1 saturated heterocycles. The summed E-state index contributed by atoms with van der Waals surface area (Å²) in [7, 11) is 0. The molecule has 5 rings (SSSR count). The lowest BCUT2D eigenvalue weighted by Crippen LogP contribution is -2.36. The number of benzene rings is 2. The average molecular weight is 434 g/mol. The van der Waals surface area contributed by atoms with Crippen LogP contribution in [0.5, 0.6) is 11.5 Å². The number of nitrogens with zero attached hydrogens (tertiary/aromatic N) is 2. The Kier molecular flexibility index (Phi) is 5.57. The molecule has 3 heterocycles. The molecule has 2 aromatic carbocycles. The monoisotopic (exact) mass is 433 g/mol. The highest BCUT2D eigenvalue weighted by molar-refractivity contribution is 6.00. The number of aromatic hydroxyl groups is 1. The molecule has 0 unspecified atom stereocenters. The molecule has 0 bridgehead atoms. The second-order valence-electron chi connectivity index (χ2n) is 8.29. The molecule has 1 amide bonds. The van der Waals surface area contributed by atoms with Gasteiger partial charge in [-0.3, -0.25) is 9.89 Å². The Morgan fingerprint density at radius 1 is 1.25 bits per heavy atom. The quantitative estimate of drug-likeness (QED) is 0.580. The Morgan fingerprint density at radius 3 is 2.91 bits per heavy atom. The van der Waals surface area contributed by atoms with Gasteiger partial charge in [0, 0.05) is 24.3 Å². The molecule has 7 heteroatoms. The van der Waals surface area contributed by atoms with Gasteiger partial charge in [-0.25, -0.2) is 0 Å². The van der Waals surface area contributed by atoms with Gasteiger partial charge in [-0.2, -0.15) is 5.10 Å². The summed E-state index contributed by atoms with van der Waals surface area (Å²) < 4.78 is 11.7. The lowest BCUT2D eigenvalue weighted by Gasteiger charge is -2.28. The van der Waals surface area contributed by atoms with Crippen molar-refractivity contribution >= 4 is 5.91 Å². The highest BCUT2D eigenvalue weighted by Crippen LogP contribution is 2.45. The van der Waals surface area contributed by atoms with Crippen LogP contribution >= 0.6 is 0 Å². The summed E-state index contributed by atoms with van der Waals surface area (Å²) in [5.41, 5.74) is 3.38. The fourth-order valence-electron chi connectivity index (χ4n) is 4.61. The third kappa shape index (κ3) is 3.62. The fourth-order valence-corrected chi connectivity index (χ4v) is 4.61. The van der Waals surface area contributed by atoms with Crippen LogP contribution in [0.3, 0.4) is 0 Å². The van der Waals surface area contributed by atoms with Crippen molar-refractivity contribution in [3.63, 3.8) is 0 Å². The van der Waals surface area contributed by atoms with E-state index in [1.165, 1.54) is 0 Å². The van der Waals surface area contributed by atoms with Crippen LogP contribution in [0.4, 0.5) is 0 Å². The zero-order chi connectivity index (χ0) is 22.1. The fraction of sp³-hybridized carbons (Fsp3) is 0.360. The third-order valence-electron chi connectivity index (χ3n) is 6.09. The van der Waals surface area contributed by atoms with Crippen LogP contribution in [-0.4, -0.2) is 52.0 Å². The summed E-state index contributed by atoms with van der Waals surface area (Å²) in [6.45, 7) is 3.94. The van der Waals surface area contributed by atoms with Gasteiger partial charge in [0.15, 0.2) is 0 Å². The van der Waals surface area contributed by atoms with Crippen molar-refractivity contribution in [1.82, 2.24) is 15.1 Å². The van der Waals surface area contributed by atoms with E-state index in [-0.39, 0.29) is 23.8 Å². The van der Waals surface area contributed by atoms with Crippen LogP contribution in [-0.2, 0) is 4.74 Å². The van der Waals surface area contributed by atoms with Gasteiger partial charge in [0.1, 0.15) is 22.9 Å². The summed E-state index contributed by atoms with van der Waals surface area (Å²) in [4.78, 5) is 15.3. The Labute approximate surface area is 187 Å². The second kappa shape index (κ2) is 8.67. The molecule has 2 aliphatic heterocycles. The number of ether oxygens (including phenoxy) is 2. The van der Waals surface area contributed by atoms with E-state index in [1.54, 1.807) is 12.1 Å². The van der Waals surface area contributed by atoms with E-state index in [9.17, 15) is 9.90 Å². The van der Waals surface area contributed by atoms with E-state index in [2.05, 4.69) is 17.1 Å². The van der Waals surface area contributed by atoms with Gasteiger partial charge >= 0.3 is 0 Å². The molecule has 1 fully saturated rings. The third-order valence-corrected chi connectivity index (χ3v) is 6.09. The van der Waals surface area contributed by atoms with Crippen LogP contribution in [0.2, 0.25) is 0 Å². The van der Waals surface area contributed by atoms with Crippen LogP contribution in [0.1, 0.15) is 53.8 Å². The molecule has 0 radical (unpaired) electrons. The van der Waals surface area contributed by atoms with Crippen LogP contribution in [0.25, 0.3) is 11.3 Å². The largest absolute Gasteiger partial charge is 0.507 e. The first kappa shape index (κ1) is 20.6. The van der Waals surface area contributed by atoms with Gasteiger partial charge < -0.3 is 19.5 Å². The van der Waals surface area contributed by atoms with Crippen LogP contribution in [0, 0.1) is 0 Å². The van der Waals surface area contributed by atoms with Gasteiger partial charge in [0.2, 0.25) is 0 Å². The maximum absolute atomic E-state index is 13.5. The molecular weight excluding hydrogens is 406 g/mol. The zero-order valence-corrected chi connectivity index (χ0v) is 18.1. The number of rotatable bonds is 7. The van der Waals surface area contributed by atoms with Gasteiger partial charge in [-0.05, 0) is 49.1 Å². The smallest absolute Gasteiger partial charge is 0.273 e. The van der Waals surface area contributed by atoms with Crippen molar-refractivity contribution in [3.8, 4) is 22.8 Å². The molecule has 7 nitrogen and oxygen atoms in total. The Morgan fingerprint density at radius 2 is 2.12 bits per heavy atom. The minimum Gasteiger partial charge on any atom is -0.507 e. The molecule has 32 heavy (non-hydrogen) atoms. The predicted molar refractivity (Wildman–Crippen MR) is 120 cm³/mol. The normalized spacial score (nSPS) is 20.0. The average Bonchev–Trinajstić information content (AvgIpc) is 3.53. The lowest BCUT2D eigenvalue weighted by molar-refractivity contribution is 0.0495. The van der Waals surface area contributed by atoms with E-state index in [4.69, 9.17) is 9.47 Å². The number of nitrogens with one attached hydrogen (secondary N) is 1. The number of H-pyrrole nitrogens is 1. The summed E-state index contributed by atoms with van der Waals surface area (Å²) in [6.07, 6.45) is 2.88. The predicted octanol–water partition coefficient (Wildman–Crippen LogP) is 4.30. The van der Waals surface area contributed by atoms with E-state index < -0.39 is 0 Å². The highest BCUT2D eigenvalue weighted by atomic mass is 16.5. The summed E-state index contributed by atoms with van der Waals surface area (Å²) in [5.74, 6) is 0.801. The number of aromatic amines is 1. The first-order valence-electron chi connectivity index (χ1n) is 11.2. The van der Waals surface area contributed by atoms with Crippen molar-refractivity contribution in [1.29, 1.82) is 0 Å². The molecule has 1 aromatic heterocycles. The second-order valence-corrected chi connectivity index (χ2v) is 8.29. The minimum absolute atomic E-state index is 0.0199. The van der Waals surface area contributed by atoms with Crippen molar-refractivity contribution < 1.29 is 19.4 Å². The van der Waals surface area contributed by atoms with Gasteiger partial charge in [0.05, 0.1) is 18.8 Å². The maximum atomic E-state index is 13.5. The van der Waals surface area contributed by atoms with E-state index in [1.807, 2.05) is 41.3 Å². The van der Waals surface area contributed by atoms with Crippen molar-refractivity contribution in [2.45, 2.75) is 38.3 Å². The summed E-state index contributed by atoms with van der Waals surface area (Å²) >= 11 is 0. The number of phenols is 1. The summed E-state index contributed by atoms with van der Waals surface area (Å²) in [6, 6.07) is 14.6. The Hall–Kier alpha value is -3.32. The number of hydrogen-bond donors (Lipinski definition) is 2. The molecule has 0 spiro atoms. The molecule has 3 aromatic rings. The molecule has 2 atom stereocenters. The maximum Gasteiger partial charge on any atom is 0.273 e. The topological polar surface area (TPSA) is 87.7 Å². The number of carbonyl (C=O) groups is 1. The number of aromatic nitrogens is 2. The van der Waals surface area contributed by atoms with Crippen molar-refractivity contribution in [3.05, 3.63) is 65.4 Å². The van der Waals surface area contributed by atoms with Gasteiger partial charge in [-0.15, -0.1) is 0 Å².